The van der Waals surface area contributed by atoms with Crippen LogP contribution in [-0.2, 0) is 0 Å². The summed E-state index contributed by atoms with van der Waals surface area (Å²) in [6, 6.07) is 14.6. The Morgan fingerprint density at radius 3 is 2.66 bits per heavy atom. The first-order valence-corrected chi connectivity index (χ1v) is 11.0. The molecule has 1 amide bonds. The van der Waals surface area contributed by atoms with Crippen molar-refractivity contribution < 1.29 is 4.79 Å². The van der Waals surface area contributed by atoms with Crippen LogP contribution in [0, 0.1) is 6.92 Å². The zero-order valence-corrected chi connectivity index (χ0v) is 17.1. The maximum atomic E-state index is 13.6. The lowest BCUT2D eigenvalue weighted by Crippen LogP contribution is -2.38. The smallest absolute Gasteiger partial charge is 0.256 e. The van der Waals surface area contributed by atoms with Gasteiger partial charge in [0.15, 0.2) is 0 Å². The lowest BCUT2D eigenvalue weighted by molar-refractivity contribution is 0.0772. The van der Waals surface area contributed by atoms with Crippen LogP contribution in [0.25, 0.3) is 27.7 Å². The van der Waals surface area contributed by atoms with E-state index in [4.69, 9.17) is 0 Å². The summed E-state index contributed by atoms with van der Waals surface area (Å²) in [7, 11) is 0. The van der Waals surface area contributed by atoms with Gasteiger partial charge in [0.05, 0.1) is 18.1 Å². The molecule has 5 rings (SSSR count). The maximum absolute atomic E-state index is 13.6. The molecule has 2 aromatic carbocycles. The van der Waals surface area contributed by atoms with Crippen LogP contribution < -0.4 is 0 Å². The van der Waals surface area contributed by atoms with E-state index < -0.39 is 0 Å². The summed E-state index contributed by atoms with van der Waals surface area (Å²) in [6.45, 7) is 3.61. The van der Waals surface area contributed by atoms with E-state index in [1.807, 2.05) is 40.3 Å². The first-order chi connectivity index (χ1) is 14.2. The Hall–Kier alpha value is -2.99. The molecule has 1 aliphatic rings. The standard InChI is InChI=1S/C23H22N4OS/c1-16-22(23(28)26-9-11-29-12-10-26)20(14-27(16)21-13-24-15-25-21)19-8-4-6-17-5-2-3-7-18(17)19/h2-8,13-15H,9-12H2,1H3,(H,24,25). The van der Waals surface area contributed by atoms with Crippen LogP contribution >= 0.6 is 11.8 Å². The summed E-state index contributed by atoms with van der Waals surface area (Å²) in [5, 5.41) is 2.32. The Labute approximate surface area is 173 Å². The molecule has 0 saturated carbocycles. The predicted molar refractivity (Wildman–Crippen MR) is 119 cm³/mol. The molecule has 0 atom stereocenters. The van der Waals surface area contributed by atoms with Crippen molar-refractivity contribution in [1.29, 1.82) is 0 Å². The molecule has 0 bridgehead atoms. The van der Waals surface area contributed by atoms with Gasteiger partial charge in [0.2, 0.25) is 0 Å². The number of aromatic amines is 1. The Balaban J connectivity index is 1.73. The number of hydrogen-bond donors (Lipinski definition) is 1. The molecule has 1 aliphatic heterocycles. The number of nitrogens with one attached hydrogen (secondary N) is 1. The summed E-state index contributed by atoms with van der Waals surface area (Å²) < 4.78 is 2.04. The van der Waals surface area contributed by atoms with Crippen LogP contribution in [0.1, 0.15) is 16.1 Å². The molecule has 0 unspecified atom stereocenters. The summed E-state index contributed by atoms with van der Waals surface area (Å²) in [5.41, 5.74) is 3.76. The van der Waals surface area contributed by atoms with Gasteiger partial charge < -0.3 is 14.5 Å². The highest BCUT2D eigenvalue weighted by atomic mass is 32.2. The molecule has 0 radical (unpaired) electrons. The van der Waals surface area contributed by atoms with Gasteiger partial charge in [-0.15, -0.1) is 0 Å². The largest absolute Gasteiger partial charge is 0.337 e. The minimum atomic E-state index is 0.115. The van der Waals surface area contributed by atoms with E-state index in [2.05, 4.69) is 46.5 Å². The number of carbonyl (C=O) groups excluding carboxylic acids is 1. The van der Waals surface area contributed by atoms with Gasteiger partial charge in [-0.2, -0.15) is 11.8 Å². The summed E-state index contributed by atoms with van der Waals surface area (Å²) in [4.78, 5) is 22.9. The number of rotatable bonds is 3. The first kappa shape index (κ1) is 18.1. The predicted octanol–water partition coefficient (Wildman–Crippen LogP) is 4.52. The van der Waals surface area contributed by atoms with Crippen molar-refractivity contribution >= 4 is 28.4 Å². The lowest BCUT2D eigenvalue weighted by Gasteiger charge is -2.27. The third kappa shape index (κ3) is 3.13. The third-order valence-corrected chi connectivity index (χ3v) is 6.53. The number of aromatic nitrogens is 3. The van der Waals surface area contributed by atoms with Gasteiger partial charge in [-0.3, -0.25) is 4.79 Å². The van der Waals surface area contributed by atoms with Crippen LogP contribution in [0.15, 0.2) is 61.2 Å². The number of carbonyl (C=O) groups is 1. The number of amides is 1. The highest BCUT2D eigenvalue weighted by molar-refractivity contribution is 7.99. The van der Waals surface area contributed by atoms with Crippen LogP contribution in [-0.4, -0.2) is 49.9 Å². The first-order valence-electron chi connectivity index (χ1n) is 9.80. The van der Waals surface area contributed by atoms with E-state index in [0.29, 0.717) is 0 Å². The highest BCUT2D eigenvalue weighted by Gasteiger charge is 2.27. The fraction of sp³-hybridized carbons (Fsp3) is 0.217. The van der Waals surface area contributed by atoms with Crippen molar-refractivity contribution in [1.82, 2.24) is 19.4 Å². The number of imidazole rings is 1. The van der Waals surface area contributed by atoms with Gasteiger partial charge in [-0.25, -0.2) is 4.98 Å². The molecule has 1 fully saturated rings. The number of hydrogen-bond acceptors (Lipinski definition) is 3. The van der Waals surface area contributed by atoms with Crippen LogP contribution in [0.2, 0.25) is 0 Å². The molecule has 0 spiro atoms. The molecular weight excluding hydrogens is 380 g/mol. The zero-order valence-electron chi connectivity index (χ0n) is 16.3. The average Bonchev–Trinajstić information content (AvgIpc) is 3.41. The third-order valence-electron chi connectivity index (χ3n) is 5.59. The molecule has 5 nitrogen and oxygen atoms in total. The highest BCUT2D eigenvalue weighted by Crippen LogP contribution is 2.35. The second kappa shape index (κ2) is 7.44. The van der Waals surface area contributed by atoms with Gasteiger partial charge in [-0.1, -0.05) is 42.5 Å². The SMILES string of the molecule is Cc1c(C(=O)N2CCSCC2)c(-c2cccc3ccccc23)cn1-c1cnc[nH]1. The normalized spacial score (nSPS) is 14.4. The lowest BCUT2D eigenvalue weighted by atomic mass is 9.96. The van der Waals surface area contributed by atoms with Crippen molar-refractivity contribution in [2.45, 2.75) is 6.92 Å². The summed E-state index contributed by atoms with van der Waals surface area (Å²) in [6.07, 6.45) is 5.51. The Bertz CT molecular complexity index is 1170. The number of benzene rings is 2. The number of thioether (sulfide) groups is 1. The quantitative estimate of drug-likeness (QED) is 0.548. The Kier molecular flexibility index (Phi) is 4.64. The van der Waals surface area contributed by atoms with Crippen molar-refractivity contribution in [2.75, 3.05) is 24.6 Å². The van der Waals surface area contributed by atoms with Crippen LogP contribution in [0.5, 0.6) is 0 Å². The minimum Gasteiger partial charge on any atom is -0.337 e. The molecule has 29 heavy (non-hydrogen) atoms. The number of nitrogens with zero attached hydrogens (tertiary/aromatic N) is 3. The average molecular weight is 403 g/mol. The van der Waals surface area contributed by atoms with Crippen LogP contribution in [0.3, 0.4) is 0 Å². The van der Waals surface area contributed by atoms with Crippen molar-refractivity contribution in [3.05, 3.63) is 72.4 Å². The van der Waals surface area contributed by atoms with Gasteiger partial charge in [-0.05, 0) is 23.3 Å². The fourth-order valence-electron chi connectivity index (χ4n) is 4.10. The van der Waals surface area contributed by atoms with Crippen LogP contribution in [0.4, 0.5) is 0 Å². The maximum Gasteiger partial charge on any atom is 0.256 e. The molecule has 3 heterocycles. The number of fused-ring (bicyclic) bond motifs is 1. The van der Waals surface area contributed by atoms with Gasteiger partial charge in [0, 0.05) is 42.0 Å². The second-order valence-corrected chi connectivity index (χ2v) is 8.47. The van der Waals surface area contributed by atoms with Crippen molar-refractivity contribution in [2.24, 2.45) is 0 Å². The molecule has 0 aliphatic carbocycles. The molecule has 1 saturated heterocycles. The fourth-order valence-corrected chi connectivity index (χ4v) is 5.00. The van der Waals surface area contributed by atoms with E-state index >= 15 is 0 Å². The number of H-pyrrole nitrogens is 1. The summed E-state index contributed by atoms with van der Waals surface area (Å²) in [5.74, 6) is 2.96. The molecule has 6 heteroatoms. The molecule has 2 aromatic heterocycles. The second-order valence-electron chi connectivity index (χ2n) is 7.24. The summed E-state index contributed by atoms with van der Waals surface area (Å²) >= 11 is 1.91. The van der Waals surface area contributed by atoms with E-state index in [1.54, 1.807) is 12.5 Å². The molecule has 146 valence electrons. The monoisotopic (exact) mass is 402 g/mol. The zero-order chi connectivity index (χ0) is 19.8. The van der Waals surface area contributed by atoms with Crippen molar-refractivity contribution in [3.8, 4) is 16.9 Å². The Morgan fingerprint density at radius 1 is 1.07 bits per heavy atom. The van der Waals surface area contributed by atoms with E-state index in [0.717, 1.165) is 58.2 Å². The Morgan fingerprint density at radius 2 is 1.86 bits per heavy atom. The van der Waals surface area contributed by atoms with E-state index in [-0.39, 0.29) is 5.91 Å². The molecule has 4 aromatic rings. The van der Waals surface area contributed by atoms with Gasteiger partial charge in [0.1, 0.15) is 5.82 Å². The van der Waals surface area contributed by atoms with Gasteiger partial charge >= 0.3 is 0 Å². The minimum absolute atomic E-state index is 0.115. The molecule has 1 N–H and O–H groups in total. The van der Waals surface area contributed by atoms with E-state index in [1.165, 1.54) is 5.39 Å². The topological polar surface area (TPSA) is 53.9 Å². The van der Waals surface area contributed by atoms with E-state index in [9.17, 15) is 4.79 Å². The molecular formula is C23H22N4OS. The van der Waals surface area contributed by atoms with Gasteiger partial charge in [0.25, 0.3) is 5.91 Å². The van der Waals surface area contributed by atoms with Crippen molar-refractivity contribution in [3.63, 3.8) is 0 Å².